The lowest BCUT2D eigenvalue weighted by Gasteiger charge is -2.11. The zero-order valence-electron chi connectivity index (χ0n) is 15.3. The Balaban J connectivity index is 1.45. The fourth-order valence-electron chi connectivity index (χ4n) is 3.53. The smallest absolute Gasteiger partial charge is 0.127 e. The van der Waals surface area contributed by atoms with Gasteiger partial charge in [0.15, 0.2) is 0 Å². The van der Waals surface area contributed by atoms with Crippen LogP contribution in [0.4, 0.5) is 0 Å². The van der Waals surface area contributed by atoms with Gasteiger partial charge in [0.05, 0.1) is 17.6 Å². The predicted molar refractivity (Wildman–Crippen MR) is 109 cm³/mol. The summed E-state index contributed by atoms with van der Waals surface area (Å²) < 4.78 is 8.34. The van der Waals surface area contributed by atoms with Gasteiger partial charge >= 0.3 is 0 Å². The molecule has 4 nitrogen and oxygen atoms in total. The lowest BCUT2D eigenvalue weighted by Crippen LogP contribution is -2.08. The fraction of sp³-hybridized carbons (Fsp3) is 0.261. The SMILES string of the molecule is OCCCc1nc2ccccc2n1CCCOc1cccc2ccccc12. The van der Waals surface area contributed by atoms with Crippen LogP contribution in [0.15, 0.2) is 66.7 Å². The maximum atomic E-state index is 9.16. The molecule has 3 aromatic carbocycles. The van der Waals surface area contributed by atoms with Gasteiger partial charge in [0.1, 0.15) is 11.6 Å². The van der Waals surface area contributed by atoms with Crippen molar-refractivity contribution in [3.8, 4) is 5.75 Å². The van der Waals surface area contributed by atoms with E-state index in [1.165, 1.54) is 5.39 Å². The van der Waals surface area contributed by atoms with Crippen molar-refractivity contribution in [1.29, 1.82) is 0 Å². The first kappa shape index (κ1) is 17.6. The van der Waals surface area contributed by atoms with E-state index in [0.29, 0.717) is 6.61 Å². The number of nitrogens with zero attached hydrogens (tertiary/aromatic N) is 2. The van der Waals surface area contributed by atoms with E-state index in [2.05, 4.69) is 28.8 Å². The second-order valence-corrected chi connectivity index (χ2v) is 6.67. The predicted octanol–water partition coefficient (Wildman–Crippen LogP) is 4.58. The van der Waals surface area contributed by atoms with E-state index in [1.54, 1.807) is 0 Å². The molecule has 0 fully saturated rings. The number of aliphatic hydroxyl groups excluding tert-OH is 1. The summed E-state index contributed by atoms with van der Waals surface area (Å²) in [5.74, 6) is 1.97. The third-order valence-electron chi connectivity index (χ3n) is 4.83. The average molecular weight is 360 g/mol. The van der Waals surface area contributed by atoms with Crippen LogP contribution in [-0.2, 0) is 13.0 Å². The molecule has 27 heavy (non-hydrogen) atoms. The van der Waals surface area contributed by atoms with Crippen molar-refractivity contribution in [2.24, 2.45) is 0 Å². The van der Waals surface area contributed by atoms with Crippen molar-refractivity contribution in [1.82, 2.24) is 9.55 Å². The molecule has 0 spiro atoms. The minimum absolute atomic E-state index is 0.188. The first-order valence-electron chi connectivity index (χ1n) is 9.52. The Bertz CT molecular complexity index is 1030. The van der Waals surface area contributed by atoms with Crippen molar-refractivity contribution in [3.05, 3.63) is 72.6 Å². The number of ether oxygens (including phenoxy) is 1. The molecule has 0 unspecified atom stereocenters. The normalized spacial score (nSPS) is 11.3. The van der Waals surface area contributed by atoms with E-state index in [-0.39, 0.29) is 6.61 Å². The van der Waals surface area contributed by atoms with E-state index >= 15 is 0 Å². The molecule has 138 valence electrons. The van der Waals surface area contributed by atoms with Crippen molar-refractivity contribution < 1.29 is 9.84 Å². The largest absolute Gasteiger partial charge is 0.493 e. The van der Waals surface area contributed by atoms with Gasteiger partial charge in [0.2, 0.25) is 0 Å². The van der Waals surface area contributed by atoms with Crippen molar-refractivity contribution >= 4 is 21.8 Å². The number of aryl methyl sites for hydroxylation is 2. The van der Waals surface area contributed by atoms with Crippen molar-refractivity contribution in [3.63, 3.8) is 0 Å². The van der Waals surface area contributed by atoms with E-state index in [9.17, 15) is 0 Å². The van der Waals surface area contributed by atoms with Crippen molar-refractivity contribution in [2.75, 3.05) is 13.2 Å². The fourth-order valence-corrected chi connectivity index (χ4v) is 3.53. The van der Waals surface area contributed by atoms with Crippen LogP contribution in [0.2, 0.25) is 0 Å². The number of imidazole rings is 1. The molecule has 1 N–H and O–H groups in total. The van der Waals surface area contributed by atoms with Gasteiger partial charge in [-0.25, -0.2) is 4.98 Å². The standard InChI is InChI=1S/C23H24N2O2/c26-16-6-14-23-24-20-11-3-4-12-21(20)25(23)15-7-17-27-22-13-5-9-18-8-1-2-10-19(18)22/h1-5,8-13,26H,6-7,14-17H2. The summed E-state index contributed by atoms with van der Waals surface area (Å²) in [5, 5.41) is 11.5. The highest BCUT2D eigenvalue weighted by molar-refractivity contribution is 5.88. The lowest BCUT2D eigenvalue weighted by molar-refractivity contribution is 0.285. The number of hydrogen-bond donors (Lipinski definition) is 1. The topological polar surface area (TPSA) is 47.3 Å². The summed E-state index contributed by atoms with van der Waals surface area (Å²) in [4.78, 5) is 4.74. The van der Waals surface area contributed by atoms with Gasteiger partial charge in [0, 0.05) is 25.0 Å². The monoisotopic (exact) mass is 360 g/mol. The van der Waals surface area contributed by atoms with Crippen molar-refractivity contribution in [2.45, 2.75) is 25.8 Å². The van der Waals surface area contributed by atoms with Crippen LogP contribution in [0.1, 0.15) is 18.7 Å². The van der Waals surface area contributed by atoms with Crippen LogP contribution >= 0.6 is 0 Å². The third-order valence-corrected chi connectivity index (χ3v) is 4.83. The van der Waals surface area contributed by atoms with Gasteiger partial charge in [-0.3, -0.25) is 0 Å². The Morgan fingerprint density at radius 2 is 1.70 bits per heavy atom. The zero-order chi connectivity index (χ0) is 18.5. The Morgan fingerprint density at radius 1 is 0.889 bits per heavy atom. The number of rotatable bonds is 8. The minimum atomic E-state index is 0.188. The number of fused-ring (bicyclic) bond motifs is 2. The molecule has 1 heterocycles. The maximum Gasteiger partial charge on any atom is 0.127 e. The van der Waals surface area contributed by atoms with Gasteiger partial charge < -0.3 is 14.4 Å². The Hall–Kier alpha value is -2.85. The molecule has 0 aliphatic rings. The molecule has 0 radical (unpaired) electrons. The molecule has 4 rings (SSSR count). The number of para-hydroxylation sites is 2. The molecule has 4 aromatic rings. The summed E-state index contributed by atoms with van der Waals surface area (Å²) in [6.07, 6.45) is 2.42. The summed E-state index contributed by atoms with van der Waals surface area (Å²) >= 11 is 0. The number of benzene rings is 3. The highest BCUT2D eigenvalue weighted by atomic mass is 16.5. The van der Waals surface area contributed by atoms with Crippen LogP contribution in [0.25, 0.3) is 21.8 Å². The average Bonchev–Trinajstić information content (AvgIpc) is 3.07. The molecular weight excluding hydrogens is 336 g/mol. The second-order valence-electron chi connectivity index (χ2n) is 6.67. The second kappa shape index (κ2) is 8.23. The molecule has 0 bridgehead atoms. The van der Waals surface area contributed by atoms with E-state index in [0.717, 1.165) is 53.8 Å². The van der Waals surface area contributed by atoms with Gasteiger partial charge in [-0.1, -0.05) is 48.5 Å². The summed E-state index contributed by atoms with van der Waals surface area (Å²) in [6.45, 7) is 1.69. The van der Waals surface area contributed by atoms with Crippen LogP contribution in [0.5, 0.6) is 5.75 Å². The van der Waals surface area contributed by atoms with Crippen LogP contribution < -0.4 is 4.74 Å². The third kappa shape index (κ3) is 3.81. The molecule has 0 aliphatic carbocycles. The molecule has 4 heteroatoms. The molecule has 0 amide bonds. The van der Waals surface area contributed by atoms with Crippen LogP contribution in [0, 0.1) is 0 Å². The summed E-state index contributed by atoms with van der Waals surface area (Å²) in [7, 11) is 0. The van der Waals surface area contributed by atoms with E-state index in [1.807, 2.05) is 42.5 Å². The summed E-state index contributed by atoms with van der Waals surface area (Å²) in [6, 6.07) is 22.7. The highest BCUT2D eigenvalue weighted by Crippen LogP contribution is 2.25. The van der Waals surface area contributed by atoms with Gasteiger partial charge in [0.25, 0.3) is 0 Å². The number of aliphatic hydroxyl groups is 1. The van der Waals surface area contributed by atoms with Gasteiger partial charge in [-0.15, -0.1) is 0 Å². The molecule has 0 saturated heterocycles. The number of hydrogen-bond acceptors (Lipinski definition) is 3. The maximum absolute atomic E-state index is 9.16. The Morgan fingerprint density at radius 3 is 2.63 bits per heavy atom. The zero-order valence-corrected chi connectivity index (χ0v) is 15.3. The molecule has 0 atom stereocenters. The number of aromatic nitrogens is 2. The minimum Gasteiger partial charge on any atom is -0.493 e. The first-order valence-corrected chi connectivity index (χ1v) is 9.52. The highest BCUT2D eigenvalue weighted by Gasteiger charge is 2.10. The molecular formula is C23H24N2O2. The molecule has 1 aromatic heterocycles. The summed E-state index contributed by atoms with van der Waals surface area (Å²) in [5.41, 5.74) is 2.16. The van der Waals surface area contributed by atoms with Crippen LogP contribution in [0.3, 0.4) is 0 Å². The Kier molecular flexibility index (Phi) is 5.35. The Labute approximate surface area is 159 Å². The van der Waals surface area contributed by atoms with Crippen LogP contribution in [-0.4, -0.2) is 27.9 Å². The molecule has 0 saturated carbocycles. The van der Waals surface area contributed by atoms with E-state index in [4.69, 9.17) is 14.8 Å². The first-order chi connectivity index (χ1) is 13.4. The quantitative estimate of drug-likeness (QED) is 0.468. The lowest BCUT2D eigenvalue weighted by atomic mass is 10.1. The van der Waals surface area contributed by atoms with E-state index < -0.39 is 0 Å². The van der Waals surface area contributed by atoms with Gasteiger partial charge in [-0.2, -0.15) is 0 Å². The van der Waals surface area contributed by atoms with Gasteiger partial charge in [-0.05, 0) is 36.4 Å². The molecule has 0 aliphatic heterocycles.